The van der Waals surface area contributed by atoms with Crippen LogP contribution in [0.25, 0.3) is 11.1 Å². The average Bonchev–Trinajstić information content (AvgIpc) is 3.40. The zero-order valence-electron chi connectivity index (χ0n) is 23.1. The summed E-state index contributed by atoms with van der Waals surface area (Å²) in [7, 11) is 0. The van der Waals surface area contributed by atoms with E-state index in [-0.39, 0.29) is 24.9 Å². The molecular weight excluding hydrogens is 555 g/mol. The number of nitrogens with one attached hydrogen (secondary N) is 1. The number of carbonyl (C=O) groups is 1. The molecule has 0 radical (unpaired) electrons. The number of ether oxygens (including phenoxy) is 2. The lowest BCUT2D eigenvalue weighted by atomic mass is 9.95. The zero-order valence-corrected chi connectivity index (χ0v) is 23.9. The smallest absolute Gasteiger partial charge is 0.218 e. The van der Waals surface area contributed by atoms with Gasteiger partial charge in [-0.15, -0.1) is 0 Å². The first kappa shape index (κ1) is 29.1. The topological polar surface area (TPSA) is 110 Å². The van der Waals surface area contributed by atoms with Gasteiger partial charge < -0.3 is 20.5 Å². The van der Waals surface area contributed by atoms with Gasteiger partial charge in [0.15, 0.2) is 0 Å². The molecule has 1 aliphatic rings. The van der Waals surface area contributed by atoms with Crippen molar-refractivity contribution in [1.29, 1.82) is 5.26 Å². The fourth-order valence-electron chi connectivity index (χ4n) is 5.16. The minimum atomic E-state index is -0.393. The number of hydrogen-bond acceptors (Lipinski definition) is 6. The number of primary amides is 1. The van der Waals surface area contributed by atoms with E-state index < -0.39 is 5.91 Å². The maximum Gasteiger partial charge on any atom is 0.218 e. The van der Waals surface area contributed by atoms with Crippen LogP contribution in [-0.4, -0.2) is 17.4 Å². The number of aryl methyl sites for hydroxylation is 1. The Kier molecular flexibility index (Phi) is 9.01. The fourth-order valence-corrected chi connectivity index (χ4v) is 5.39. The van der Waals surface area contributed by atoms with Crippen molar-refractivity contribution in [3.8, 4) is 28.7 Å². The van der Waals surface area contributed by atoms with Crippen LogP contribution < -0.4 is 20.5 Å². The molecule has 0 bridgehead atoms. The third-order valence-corrected chi connectivity index (χ3v) is 7.56. The summed E-state index contributed by atoms with van der Waals surface area (Å²) >= 11 is 6.71. The van der Waals surface area contributed by atoms with Gasteiger partial charge in [-0.3, -0.25) is 9.78 Å². The number of aromatic nitrogens is 1. The maximum absolute atomic E-state index is 15.0. The summed E-state index contributed by atoms with van der Waals surface area (Å²) in [6, 6.07) is 18.7. The largest absolute Gasteiger partial charge is 0.488 e. The number of benzene rings is 3. The molecule has 4 aromatic rings. The molecule has 0 aliphatic heterocycles. The van der Waals surface area contributed by atoms with E-state index in [1.54, 1.807) is 37.4 Å². The monoisotopic (exact) mass is 584 g/mol. The summed E-state index contributed by atoms with van der Waals surface area (Å²) in [6.45, 7) is 2.73. The summed E-state index contributed by atoms with van der Waals surface area (Å²) in [5.74, 6) is 0.394. The van der Waals surface area contributed by atoms with Crippen LogP contribution in [0, 0.1) is 24.1 Å². The van der Waals surface area contributed by atoms with E-state index in [0.717, 1.165) is 40.7 Å². The van der Waals surface area contributed by atoms with Gasteiger partial charge in [0.05, 0.1) is 10.6 Å². The Bertz CT molecular complexity index is 1670. The molecule has 0 saturated heterocycles. The predicted octanol–water partition coefficient (Wildman–Crippen LogP) is 6.33. The van der Waals surface area contributed by atoms with Gasteiger partial charge in [-0.05, 0) is 54.2 Å². The molecule has 7 nitrogen and oxygen atoms in total. The highest BCUT2D eigenvalue weighted by Crippen LogP contribution is 2.43. The molecule has 1 amide bonds. The van der Waals surface area contributed by atoms with Crippen LogP contribution >= 0.6 is 11.6 Å². The first-order chi connectivity index (χ1) is 20.3. The van der Waals surface area contributed by atoms with Crippen LogP contribution in [0.1, 0.15) is 52.3 Å². The lowest BCUT2D eigenvalue weighted by Gasteiger charge is -2.20. The fraction of sp³-hybridized carbons (Fsp3) is 0.242. The number of amides is 1. The van der Waals surface area contributed by atoms with Crippen LogP contribution in [0.5, 0.6) is 11.5 Å². The van der Waals surface area contributed by atoms with Crippen LogP contribution in [0.2, 0.25) is 5.02 Å². The Hall–Kier alpha value is -4.45. The number of nitriles is 1. The maximum atomic E-state index is 15.0. The van der Waals surface area contributed by atoms with E-state index in [1.807, 2.05) is 30.3 Å². The van der Waals surface area contributed by atoms with Crippen molar-refractivity contribution < 1.29 is 18.7 Å². The highest BCUT2D eigenvalue weighted by atomic mass is 35.5. The minimum absolute atomic E-state index is 0.176. The van der Waals surface area contributed by atoms with Crippen LogP contribution in [-0.2, 0) is 24.4 Å². The number of hydrogen-bond donors (Lipinski definition) is 2. The summed E-state index contributed by atoms with van der Waals surface area (Å²) in [5, 5.41) is 12.8. The third kappa shape index (κ3) is 6.54. The molecule has 5 rings (SSSR count). The van der Waals surface area contributed by atoms with Gasteiger partial charge in [-0.1, -0.05) is 48.0 Å². The Morgan fingerprint density at radius 2 is 1.98 bits per heavy atom. The van der Waals surface area contributed by atoms with E-state index in [9.17, 15) is 10.1 Å². The molecule has 0 spiro atoms. The summed E-state index contributed by atoms with van der Waals surface area (Å²) in [5.41, 5.74) is 11.3. The first-order valence-corrected chi connectivity index (χ1v) is 14.0. The highest BCUT2D eigenvalue weighted by Gasteiger charge is 2.28. The quantitative estimate of drug-likeness (QED) is 0.199. The molecule has 3 N–H and O–H groups in total. The molecule has 1 aliphatic carbocycles. The summed E-state index contributed by atoms with van der Waals surface area (Å²) in [4.78, 5) is 15.2. The molecule has 3 aromatic carbocycles. The van der Waals surface area contributed by atoms with Gasteiger partial charge in [-0.2, -0.15) is 5.26 Å². The van der Waals surface area contributed by atoms with Crippen molar-refractivity contribution in [2.75, 3.05) is 6.54 Å². The van der Waals surface area contributed by atoms with Gasteiger partial charge in [0.25, 0.3) is 0 Å². The van der Waals surface area contributed by atoms with Crippen molar-refractivity contribution in [2.45, 2.75) is 45.4 Å². The van der Waals surface area contributed by atoms with Gasteiger partial charge in [0.2, 0.25) is 5.91 Å². The Morgan fingerprint density at radius 1 is 1.17 bits per heavy atom. The lowest BCUT2D eigenvalue weighted by Crippen LogP contribution is -2.22. The average molecular weight is 585 g/mol. The predicted molar refractivity (Wildman–Crippen MR) is 159 cm³/mol. The van der Waals surface area contributed by atoms with Crippen LogP contribution in [0.3, 0.4) is 0 Å². The molecule has 0 unspecified atom stereocenters. The van der Waals surface area contributed by atoms with Crippen molar-refractivity contribution in [3.05, 3.63) is 111 Å². The molecule has 9 heteroatoms. The standard InChI is InChI=1S/C33H30ClFN4O3/c1-20-4-2-7-27(33(20)35)24-5-3-6-26-25(24)8-9-29(26)42-31-14-30(41-19-22-12-21(15-36)16-39-17-22)23(13-28(31)34)18-38-11-10-32(37)40/h2-7,12-14,16-17,29,38H,8-11,18-19H2,1H3,(H2,37,40)/t29-/m0/s1. The molecule has 0 fully saturated rings. The third-order valence-electron chi connectivity index (χ3n) is 7.26. The van der Waals surface area contributed by atoms with Crippen molar-refractivity contribution in [2.24, 2.45) is 5.73 Å². The molecule has 42 heavy (non-hydrogen) atoms. The second-order valence-electron chi connectivity index (χ2n) is 10.2. The number of fused-ring (bicyclic) bond motifs is 1. The normalized spacial score (nSPS) is 13.8. The molecule has 214 valence electrons. The SMILES string of the molecule is Cc1cccc(-c2cccc3c2CC[C@@H]3Oc2cc(OCc3cncc(C#N)c3)c(CNCCC(N)=O)cc2Cl)c1F. The van der Waals surface area contributed by atoms with Gasteiger partial charge in [0.1, 0.15) is 36.1 Å². The molecular formula is C33H30ClFN4O3. The Morgan fingerprint density at radius 3 is 2.79 bits per heavy atom. The minimum Gasteiger partial charge on any atom is -0.488 e. The number of nitrogens with zero attached hydrogens (tertiary/aromatic N) is 2. The van der Waals surface area contributed by atoms with Crippen molar-refractivity contribution in [3.63, 3.8) is 0 Å². The summed E-state index contributed by atoms with van der Waals surface area (Å²) in [6.07, 6.45) is 4.53. The highest BCUT2D eigenvalue weighted by molar-refractivity contribution is 6.32. The Labute approximate surface area is 249 Å². The van der Waals surface area contributed by atoms with Crippen LogP contribution in [0.4, 0.5) is 4.39 Å². The lowest BCUT2D eigenvalue weighted by molar-refractivity contribution is -0.117. The van der Waals surface area contributed by atoms with E-state index >= 15 is 4.39 Å². The van der Waals surface area contributed by atoms with Gasteiger partial charge in [0, 0.05) is 54.7 Å². The number of halogens is 2. The van der Waals surface area contributed by atoms with Gasteiger partial charge in [-0.25, -0.2) is 4.39 Å². The van der Waals surface area contributed by atoms with E-state index in [2.05, 4.69) is 16.4 Å². The van der Waals surface area contributed by atoms with Crippen molar-refractivity contribution in [1.82, 2.24) is 10.3 Å². The number of pyridine rings is 1. The molecule has 1 aromatic heterocycles. The van der Waals surface area contributed by atoms with Crippen LogP contribution in [0.15, 0.2) is 67.0 Å². The van der Waals surface area contributed by atoms with E-state index in [4.69, 9.17) is 26.8 Å². The van der Waals surface area contributed by atoms with E-state index in [0.29, 0.717) is 46.3 Å². The van der Waals surface area contributed by atoms with Crippen molar-refractivity contribution >= 4 is 17.5 Å². The number of carbonyl (C=O) groups excluding carboxylic acids is 1. The summed E-state index contributed by atoms with van der Waals surface area (Å²) < 4.78 is 27.7. The number of rotatable bonds is 11. The molecule has 1 heterocycles. The van der Waals surface area contributed by atoms with Gasteiger partial charge >= 0.3 is 0 Å². The first-order valence-electron chi connectivity index (χ1n) is 13.7. The zero-order chi connectivity index (χ0) is 29.6. The second-order valence-corrected chi connectivity index (χ2v) is 10.6. The number of nitrogens with two attached hydrogens (primary N) is 1. The molecule has 0 saturated carbocycles. The second kappa shape index (κ2) is 13.0. The molecule has 1 atom stereocenters. The Balaban J connectivity index is 1.41. The van der Waals surface area contributed by atoms with E-state index in [1.165, 1.54) is 6.20 Å².